The van der Waals surface area contributed by atoms with Gasteiger partial charge in [-0.25, -0.2) is 16.8 Å². The minimum Gasteiger partial charge on any atom is -0.497 e. The van der Waals surface area contributed by atoms with Crippen molar-refractivity contribution in [3.63, 3.8) is 0 Å². The molecule has 7 aromatic rings. The van der Waals surface area contributed by atoms with E-state index < -0.39 is 25.5 Å². The topological polar surface area (TPSA) is 117 Å². The molecule has 6 aromatic carbocycles. The van der Waals surface area contributed by atoms with Gasteiger partial charge in [0.05, 0.1) is 49.0 Å². The van der Waals surface area contributed by atoms with Gasteiger partial charge in [0, 0.05) is 27.5 Å². The van der Waals surface area contributed by atoms with Crippen molar-refractivity contribution in [2.24, 2.45) is 0 Å². The molecule has 0 bridgehead atoms. The molecule has 2 aliphatic rings. The molecule has 0 amide bonds. The molecule has 0 saturated heterocycles. The zero-order valence-corrected chi connectivity index (χ0v) is 27.3. The molecule has 2 aliphatic heterocycles. The number of nitrogens with zero attached hydrogens (tertiary/aromatic N) is 1. The Labute approximate surface area is 280 Å². The summed E-state index contributed by atoms with van der Waals surface area (Å²) in [4.78, 5) is 27.8. The molecule has 1 aromatic heterocycles. The van der Waals surface area contributed by atoms with Gasteiger partial charge < -0.3 is 9.30 Å². The van der Waals surface area contributed by atoms with Crippen molar-refractivity contribution in [2.45, 2.75) is 19.6 Å². The lowest BCUT2D eigenvalue weighted by Gasteiger charge is -2.22. The molecule has 238 valence electrons. The smallest absolute Gasteiger partial charge is 0.208 e. The van der Waals surface area contributed by atoms with Crippen LogP contribution >= 0.6 is 0 Å². The number of sulfone groups is 2. The van der Waals surface area contributed by atoms with E-state index in [1.54, 1.807) is 67.8 Å². The average Bonchev–Trinajstić information content (AvgIpc) is 3.45. The first-order valence-electron chi connectivity index (χ1n) is 15.3. The van der Waals surface area contributed by atoms with Crippen molar-refractivity contribution in [1.82, 2.24) is 4.57 Å². The molecule has 0 fully saturated rings. The summed E-state index contributed by atoms with van der Waals surface area (Å²) in [5, 5.41) is 1.47. The molecule has 49 heavy (non-hydrogen) atoms. The third kappa shape index (κ3) is 3.89. The van der Waals surface area contributed by atoms with Gasteiger partial charge in [0.15, 0.2) is 11.6 Å². The van der Waals surface area contributed by atoms with Gasteiger partial charge in [0.1, 0.15) is 5.75 Å². The Morgan fingerprint density at radius 1 is 0.510 bits per heavy atom. The molecule has 0 saturated carbocycles. The maximum atomic E-state index is 14.1. The number of fused-ring (bicyclic) bond motifs is 7. The van der Waals surface area contributed by atoms with Gasteiger partial charge >= 0.3 is 0 Å². The number of carbonyl (C=O) groups excluding carboxylic acids is 2. The summed E-state index contributed by atoms with van der Waals surface area (Å²) in [6.07, 6.45) is 0. The van der Waals surface area contributed by atoms with Crippen LogP contribution in [-0.2, 0) is 19.7 Å². The van der Waals surface area contributed by atoms with Crippen molar-refractivity contribution in [2.75, 3.05) is 7.11 Å². The lowest BCUT2D eigenvalue weighted by molar-refractivity contribution is 0.102. The first-order chi connectivity index (χ1) is 23.6. The Morgan fingerprint density at radius 2 is 1.02 bits per heavy atom. The van der Waals surface area contributed by atoms with Crippen LogP contribution in [0.4, 0.5) is 0 Å². The Balaban J connectivity index is 1.32. The lowest BCUT2D eigenvalue weighted by atomic mass is 9.92. The fourth-order valence-electron chi connectivity index (χ4n) is 7.23. The molecular weight excluding hydrogens is 659 g/mol. The van der Waals surface area contributed by atoms with Crippen LogP contribution in [0.2, 0.25) is 0 Å². The normalized spacial score (nSPS) is 15.4. The summed E-state index contributed by atoms with van der Waals surface area (Å²) in [6, 6.07) is 33.1. The number of benzene rings is 6. The van der Waals surface area contributed by atoms with Crippen LogP contribution in [0.1, 0.15) is 31.8 Å². The Morgan fingerprint density at radius 3 is 1.67 bits per heavy atom. The minimum atomic E-state index is -3.99. The highest BCUT2D eigenvalue weighted by atomic mass is 32.2. The highest BCUT2D eigenvalue weighted by Gasteiger charge is 2.38. The van der Waals surface area contributed by atoms with Gasteiger partial charge in [-0.15, -0.1) is 0 Å². The van der Waals surface area contributed by atoms with E-state index in [9.17, 15) is 26.4 Å². The highest BCUT2D eigenvalue weighted by Crippen LogP contribution is 2.44. The molecule has 0 atom stereocenters. The molecule has 0 N–H and O–H groups in total. The largest absolute Gasteiger partial charge is 0.497 e. The number of hydrogen-bond donors (Lipinski definition) is 0. The van der Waals surface area contributed by atoms with E-state index in [1.165, 1.54) is 36.4 Å². The van der Waals surface area contributed by atoms with Crippen LogP contribution in [-0.4, -0.2) is 40.1 Å². The standard InChI is InChI=1S/C39H23NO7S2/c1-47-23-17-19-30-28(21-23)27-20-22(24-10-6-14-34-36(24)38(41)25-8-2-4-12-32(25)48(34,43)44)16-18-29(27)40(30)31-11-7-15-35-37(31)39(42)26-9-3-5-13-33(26)49(35,45)46/h2-21H,1H3. The van der Waals surface area contributed by atoms with Crippen molar-refractivity contribution >= 4 is 53.0 Å². The number of aromatic nitrogens is 1. The van der Waals surface area contributed by atoms with Crippen molar-refractivity contribution in [1.29, 1.82) is 0 Å². The van der Waals surface area contributed by atoms with E-state index >= 15 is 0 Å². The van der Waals surface area contributed by atoms with Gasteiger partial charge in [-0.2, -0.15) is 0 Å². The van der Waals surface area contributed by atoms with E-state index in [0.29, 0.717) is 33.6 Å². The van der Waals surface area contributed by atoms with Gasteiger partial charge in [-0.1, -0.05) is 48.5 Å². The van der Waals surface area contributed by atoms with Gasteiger partial charge in [0.2, 0.25) is 19.7 Å². The van der Waals surface area contributed by atoms with Crippen LogP contribution in [0.15, 0.2) is 141 Å². The molecule has 0 spiro atoms. The summed E-state index contributed by atoms with van der Waals surface area (Å²) in [5.74, 6) is -0.196. The summed E-state index contributed by atoms with van der Waals surface area (Å²) in [7, 11) is -6.38. The van der Waals surface area contributed by atoms with E-state index in [4.69, 9.17) is 4.74 Å². The van der Waals surface area contributed by atoms with E-state index in [-0.39, 0.29) is 47.6 Å². The predicted octanol–water partition coefficient (Wildman–Crippen LogP) is 7.21. The Bertz CT molecular complexity index is 2890. The quantitative estimate of drug-likeness (QED) is 0.193. The zero-order chi connectivity index (χ0) is 33.8. The average molecular weight is 682 g/mol. The molecule has 3 heterocycles. The first kappa shape index (κ1) is 29.3. The number of carbonyl (C=O) groups is 2. The fourth-order valence-corrected chi connectivity index (χ4v) is 10.6. The predicted molar refractivity (Wildman–Crippen MR) is 183 cm³/mol. The molecule has 0 aliphatic carbocycles. The second-order valence-corrected chi connectivity index (χ2v) is 15.7. The van der Waals surface area contributed by atoms with Crippen molar-refractivity contribution in [3.05, 3.63) is 144 Å². The number of ether oxygens (including phenoxy) is 1. The van der Waals surface area contributed by atoms with Crippen LogP contribution in [0.25, 0.3) is 38.6 Å². The van der Waals surface area contributed by atoms with Gasteiger partial charge in [0.25, 0.3) is 0 Å². The Hall–Kier alpha value is -5.84. The summed E-state index contributed by atoms with van der Waals surface area (Å²) >= 11 is 0. The molecular formula is C39H23NO7S2. The van der Waals surface area contributed by atoms with Crippen LogP contribution in [0.5, 0.6) is 5.75 Å². The SMILES string of the molecule is COc1ccc2c(c1)c1cc(-c3cccc4c3C(=O)c3ccccc3S4(=O)=O)ccc1n2-c1cccc2c1C(=O)c1ccccc1S2(=O)=O. The highest BCUT2D eigenvalue weighted by molar-refractivity contribution is 7.92. The first-order valence-corrected chi connectivity index (χ1v) is 18.3. The van der Waals surface area contributed by atoms with Gasteiger partial charge in [-0.3, -0.25) is 9.59 Å². The maximum absolute atomic E-state index is 14.1. The third-order valence-corrected chi connectivity index (χ3v) is 13.1. The number of ketones is 2. The number of rotatable bonds is 3. The molecule has 8 nitrogen and oxygen atoms in total. The minimum absolute atomic E-state index is 0.0133. The van der Waals surface area contributed by atoms with E-state index in [1.807, 2.05) is 28.8 Å². The number of methoxy groups -OCH3 is 1. The van der Waals surface area contributed by atoms with Crippen LogP contribution in [0.3, 0.4) is 0 Å². The molecule has 9 rings (SSSR count). The fraction of sp³-hybridized carbons (Fsp3) is 0.0256. The lowest BCUT2D eigenvalue weighted by Crippen LogP contribution is -2.22. The van der Waals surface area contributed by atoms with E-state index in [0.717, 1.165) is 10.8 Å². The molecule has 0 unspecified atom stereocenters. The van der Waals surface area contributed by atoms with Crippen LogP contribution in [0, 0.1) is 0 Å². The second kappa shape index (κ2) is 10.1. The van der Waals surface area contributed by atoms with E-state index in [2.05, 4.69) is 0 Å². The molecule has 0 radical (unpaired) electrons. The summed E-state index contributed by atoms with van der Waals surface area (Å²) in [6.45, 7) is 0. The molecule has 10 heteroatoms. The van der Waals surface area contributed by atoms with Gasteiger partial charge in [-0.05, 0) is 83.9 Å². The zero-order valence-electron chi connectivity index (χ0n) is 25.7. The maximum Gasteiger partial charge on any atom is 0.208 e. The number of hydrogen-bond acceptors (Lipinski definition) is 7. The van der Waals surface area contributed by atoms with Crippen molar-refractivity contribution < 1.29 is 31.2 Å². The summed E-state index contributed by atoms with van der Waals surface area (Å²) < 4.78 is 62.4. The third-order valence-electron chi connectivity index (χ3n) is 9.43. The monoisotopic (exact) mass is 681 g/mol. The van der Waals surface area contributed by atoms with Crippen molar-refractivity contribution in [3.8, 4) is 22.6 Å². The Kier molecular flexibility index (Phi) is 6.03. The van der Waals surface area contributed by atoms with Crippen LogP contribution < -0.4 is 4.74 Å². The summed E-state index contributed by atoms with van der Waals surface area (Å²) in [5.41, 5.74) is 3.24. The second-order valence-electron chi connectivity index (χ2n) is 11.9.